The number of thiophene rings is 1. The van der Waals surface area contributed by atoms with Crippen LogP contribution in [0.2, 0.25) is 0 Å². The zero-order chi connectivity index (χ0) is 15.0. The maximum atomic E-state index is 11.7. The van der Waals surface area contributed by atoms with Crippen molar-refractivity contribution in [1.29, 1.82) is 0 Å². The highest BCUT2D eigenvalue weighted by molar-refractivity contribution is 7.09. The zero-order valence-corrected chi connectivity index (χ0v) is 12.9. The van der Waals surface area contributed by atoms with Crippen LogP contribution in [0.3, 0.4) is 0 Å². The Hall–Kier alpha value is -1.36. The van der Waals surface area contributed by atoms with Gasteiger partial charge in [-0.25, -0.2) is 4.79 Å². The number of carbonyl (C=O) groups is 2. The number of aliphatic carboxylic acids is 1. The molecular formula is C15H23NO3S. The largest absolute Gasteiger partial charge is 0.480 e. The van der Waals surface area contributed by atoms with Gasteiger partial charge in [-0.2, -0.15) is 0 Å². The van der Waals surface area contributed by atoms with Gasteiger partial charge in [-0.1, -0.05) is 26.3 Å². The monoisotopic (exact) mass is 297 g/mol. The van der Waals surface area contributed by atoms with Gasteiger partial charge in [-0.3, -0.25) is 4.79 Å². The number of nitrogens with one attached hydrogen (secondary N) is 1. The molecule has 20 heavy (non-hydrogen) atoms. The Kier molecular flexibility index (Phi) is 7.30. The van der Waals surface area contributed by atoms with Crippen LogP contribution in [-0.4, -0.2) is 23.0 Å². The number of carboxylic acids is 1. The number of amides is 1. The van der Waals surface area contributed by atoms with Crippen molar-refractivity contribution in [2.24, 2.45) is 5.92 Å². The van der Waals surface area contributed by atoms with Gasteiger partial charge < -0.3 is 10.4 Å². The lowest BCUT2D eigenvalue weighted by atomic mass is 10.0. The normalized spacial score (nSPS) is 12.3. The molecule has 1 heterocycles. The second-order valence-corrected chi connectivity index (χ2v) is 6.30. The van der Waals surface area contributed by atoms with Crippen LogP contribution in [0.4, 0.5) is 0 Å². The standard InChI is InChI=1S/C15H23NO3S/c1-11(2)14(15(18)19)16-13(17)9-5-3-4-7-12-8-6-10-20-12/h6,8,10-11,14H,3-5,7,9H2,1-2H3,(H,16,17)(H,18,19). The van der Waals surface area contributed by atoms with Crippen LogP contribution in [0.1, 0.15) is 44.4 Å². The van der Waals surface area contributed by atoms with E-state index in [2.05, 4.69) is 16.8 Å². The van der Waals surface area contributed by atoms with Crippen molar-refractivity contribution in [3.05, 3.63) is 22.4 Å². The third-order valence-corrected chi connectivity index (χ3v) is 4.09. The summed E-state index contributed by atoms with van der Waals surface area (Å²) in [7, 11) is 0. The van der Waals surface area contributed by atoms with Gasteiger partial charge in [-0.15, -0.1) is 11.3 Å². The third kappa shape index (κ3) is 6.19. The smallest absolute Gasteiger partial charge is 0.326 e. The summed E-state index contributed by atoms with van der Waals surface area (Å²) < 4.78 is 0. The van der Waals surface area contributed by atoms with E-state index < -0.39 is 12.0 Å². The Morgan fingerprint density at radius 1 is 1.30 bits per heavy atom. The Morgan fingerprint density at radius 3 is 2.60 bits per heavy atom. The molecule has 1 atom stereocenters. The molecule has 0 spiro atoms. The Morgan fingerprint density at radius 2 is 2.05 bits per heavy atom. The molecule has 1 amide bonds. The van der Waals surface area contributed by atoms with Crippen LogP contribution < -0.4 is 5.32 Å². The quantitative estimate of drug-likeness (QED) is 0.688. The predicted molar refractivity (Wildman–Crippen MR) is 80.9 cm³/mol. The molecule has 112 valence electrons. The summed E-state index contributed by atoms with van der Waals surface area (Å²) in [5, 5.41) is 13.6. The first-order chi connectivity index (χ1) is 9.50. The molecule has 0 aliphatic carbocycles. The number of aryl methyl sites for hydroxylation is 1. The molecule has 1 aromatic heterocycles. The average molecular weight is 297 g/mol. The van der Waals surface area contributed by atoms with Gasteiger partial charge in [0.05, 0.1) is 0 Å². The van der Waals surface area contributed by atoms with E-state index in [1.165, 1.54) is 4.88 Å². The summed E-state index contributed by atoms with van der Waals surface area (Å²) in [5.41, 5.74) is 0. The van der Waals surface area contributed by atoms with Crippen molar-refractivity contribution in [3.8, 4) is 0 Å². The molecule has 0 fully saturated rings. The number of rotatable bonds is 9. The van der Waals surface area contributed by atoms with Gasteiger partial charge in [0.2, 0.25) is 5.91 Å². The first-order valence-corrected chi connectivity index (χ1v) is 7.93. The van der Waals surface area contributed by atoms with Gasteiger partial charge in [0.15, 0.2) is 0 Å². The lowest BCUT2D eigenvalue weighted by Crippen LogP contribution is -2.44. The van der Waals surface area contributed by atoms with Crippen LogP contribution in [0.25, 0.3) is 0 Å². The molecular weight excluding hydrogens is 274 g/mol. The summed E-state index contributed by atoms with van der Waals surface area (Å²) in [5.74, 6) is -1.23. The van der Waals surface area contributed by atoms with E-state index in [9.17, 15) is 9.59 Å². The molecule has 4 nitrogen and oxygen atoms in total. The maximum Gasteiger partial charge on any atom is 0.326 e. The van der Waals surface area contributed by atoms with E-state index in [0.29, 0.717) is 6.42 Å². The van der Waals surface area contributed by atoms with E-state index in [1.54, 1.807) is 25.2 Å². The van der Waals surface area contributed by atoms with Crippen molar-refractivity contribution in [2.75, 3.05) is 0 Å². The van der Waals surface area contributed by atoms with Crippen LogP contribution in [-0.2, 0) is 16.0 Å². The Balaban J connectivity index is 2.14. The summed E-state index contributed by atoms with van der Waals surface area (Å²) in [6, 6.07) is 3.39. The van der Waals surface area contributed by atoms with Crippen LogP contribution in [0, 0.1) is 5.92 Å². The molecule has 0 bridgehead atoms. The first kappa shape index (κ1) is 16.7. The second kappa shape index (κ2) is 8.74. The summed E-state index contributed by atoms with van der Waals surface area (Å²) in [6.45, 7) is 3.58. The van der Waals surface area contributed by atoms with Crippen LogP contribution in [0.5, 0.6) is 0 Å². The van der Waals surface area contributed by atoms with Gasteiger partial charge in [0, 0.05) is 11.3 Å². The van der Waals surface area contributed by atoms with Crippen molar-refractivity contribution >= 4 is 23.2 Å². The fourth-order valence-electron chi connectivity index (χ4n) is 1.98. The summed E-state index contributed by atoms with van der Waals surface area (Å²) in [6.07, 6.45) is 4.33. The number of unbranched alkanes of at least 4 members (excludes halogenated alkanes) is 2. The zero-order valence-electron chi connectivity index (χ0n) is 12.1. The van der Waals surface area contributed by atoms with Crippen molar-refractivity contribution in [3.63, 3.8) is 0 Å². The van der Waals surface area contributed by atoms with Crippen molar-refractivity contribution < 1.29 is 14.7 Å². The lowest BCUT2D eigenvalue weighted by Gasteiger charge is -2.17. The fourth-order valence-corrected chi connectivity index (χ4v) is 2.73. The molecule has 0 aromatic carbocycles. The highest BCUT2D eigenvalue weighted by Crippen LogP contribution is 2.13. The predicted octanol–water partition coefficient (Wildman–Crippen LogP) is 3.08. The van der Waals surface area contributed by atoms with Gasteiger partial charge in [0.25, 0.3) is 0 Å². The maximum absolute atomic E-state index is 11.7. The number of carboxylic acid groups (broad SMARTS) is 1. The number of hydrogen-bond acceptors (Lipinski definition) is 3. The minimum absolute atomic E-state index is 0.102. The van der Waals surface area contributed by atoms with E-state index in [-0.39, 0.29) is 11.8 Å². The van der Waals surface area contributed by atoms with Gasteiger partial charge in [-0.05, 0) is 36.6 Å². The van der Waals surface area contributed by atoms with Crippen molar-refractivity contribution in [1.82, 2.24) is 5.32 Å². The topological polar surface area (TPSA) is 66.4 Å². The van der Waals surface area contributed by atoms with Crippen LogP contribution >= 0.6 is 11.3 Å². The molecule has 0 aliphatic heterocycles. The van der Waals surface area contributed by atoms with Gasteiger partial charge >= 0.3 is 5.97 Å². The van der Waals surface area contributed by atoms with E-state index in [1.807, 2.05) is 6.07 Å². The summed E-state index contributed by atoms with van der Waals surface area (Å²) in [4.78, 5) is 24.0. The van der Waals surface area contributed by atoms with E-state index in [0.717, 1.165) is 25.7 Å². The minimum atomic E-state index is -0.967. The molecule has 0 saturated carbocycles. The Bertz CT molecular complexity index is 415. The molecule has 0 aliphatic rings. The second-order valence-electron chi connectivity index (χ2n) is 5.27. The fraction of sp³-hybridized carbons (Fsp3) is 0.600. The first-order valence-electron chi connectivity index (χ1n) is 7.05. The van der Waals surface area contributed by atoms with E-state index >= 15 is 0 Å². The molecule has 2 N–H and O–H groups in total. The lowest BCUT2D eigenvalue weighted by molar-refractivity contribution is -0.143. The number of carbonyl (C=O) groups excluding carboxylic acids is 1. The van der Waals surface area contributed by atoms with Crippen molar-refractivity contribution in [2.45, 2.75) is 52.0 Å². The Labute approximate surface area is 124 Å². The van der Waals surface area contributed by atoms with Crippen LogP contribution in [0.15, 0.2) is 17.5 Å². The van der Waals surface area contributed by atoms with E-state index in [4.69, 9.17) is 5.11 Å². The molecule has 0 saturated heterocycles. The molecule has 0 radical (unpaired) electrons. The number of hydrogen-bond donors (Lipinski definition) is 2. The third-order valence-electron chi connectivity index (χ3n) is 3.16. The summed E-state index contributed by atoms with van der Waals surface area (Å²) >= 11 is 1.76. The molecule has 1 rings (SSSR count). The van der Waals surface area contributed by atoms with Gasteiger partial charge in [0.1, 0.15) is 6.04 Å². The highest BCUT2D eigenvalue weighted by Gasteiger charge is 2.22. The molecule has 1 aromatic rings. The average Bonchev–Trinajstić information content (AvgIpc) is 2.88. The SMILES string of the molecule is CC(C)C(NC(=O)CCCCCc1cccs1)C(=O)O. The highest BCUT2D eigenvalue weighted by atomic mass is 32.1. The minimum Gasteiger partial charge on any atom is -0.480 e. The molecule has 1 unspecified atom stereocenters. The molecule has 5 heteroatoms.